The van der Waals surface area contributed by atoms with Gasteiger partial charge in [-0.1, -0.05) is 23.7 Å². The molecule has 0 saturated heterocycles. The number of hydrogen-bond acceptors (Lipinski definition) is 1. The van der Waals surface area contributed by atoms with Crippen molar-refractivity contribution in [1.82, 2.24) is 4.98 Å². The molecule has 80 valence electrons. The molecule has 0 aliphatic heterocycles. The van der Waals surface area contributed by atoms with Gasteiger partial charge in [-0.25, -0.2) is 0 Å². The van der Waals surface area contributed by atoms with E-state index in [1.807, 2.05) is 25.1 Å². The zero-order valence-electron chi connectivity index (χ0n) is 8.51. The molecule has 0 bridgehead atoms. The maximum absolute atomic E-state index is 9.03. The Kier molecular flexibility index (Phi) is 3.04. The highest BCUT2D eigenvalue weighted by atomic mass is 79.9. The molecule has 0 fully saturated rings. The number of benzene rings is 1. The number of H-pyrrole nitrogens is 1. The molecule has 16 heavy (non-hydrogen) atoms. The van der Waals surface area contributed by atoms with Crippen molar-refractivity contribution in [3.05, 3.63) is 45.0 Å². The maximum Gasteiger partial charge on any atom is 0.101 e. The molecule has 0 atom stereocenters. The lowest BCUT2D eigenvalue weighted by atomic mass is 10.0. The molecule has 0 unspecified atom stereocenters. The average molecular weight is 296 g/mol. The van der Waals surface area contributed by atoms with Gasteiger partial charge >= 0.3 is 0 Å². The molecule has 2 aromatic rings. The molecule has 1 aromatic carbocycles. The lowest BCUT2D eigenvalue weighted by molar-refractivity contribution is 1.33. The summed E-state index contributed by atoms with van der Waals surface area (Å²) in [5.74, 6) is 0. The van der Waals surface area contributed by atoms with E-state index in [-0.39, 0.29) is 0 Å². The van der Waals surface area contributed by atoms with Crippen LogP contribution in [0, 0.1) is 18.3 Å². The first kappa shape index (κ1) is 11.3. The zero-order valence-corrected chi connectivity index (χ0v) is 10.9. The molecule has 0 spiro atoms. The lowest BCUT2D eigenvalue weighted by Gasteiger charge is -2.05. The van der Waals surface area contributed by atoms with E-state index in [0.717, 1.165) is 21.4 Å². The number of halogens is 2. The fourth-order valence-electron chi connectivity index (χ4n) is 1.60. The van der Waals surface area contributed by atoms with Crippen LogP contribution >= 0.6 is 27.5 Å². The second kappa shape index (κ2) is 4.32. The third-order valence-electron chi connectivity index (χ3n) is 2.44. The Hall–Kier alpha value is -1.24. The quantitative estimate of drug-likeness (QED) is 0.838. The summed E-state index contributed by atoms with van der Waals surface area (Å²) in [6.45, 7) is 1.94. The first-order valence-electron chi connectivity index (χ1n) is 4.67. The predicted molar refractivity (Wildman–Crippen MR) is 68.4 cm³/mol. The summed E-state index contributed by atoms with van der Waals surface area (Å²) in [6, 6.07) is 9.57. The van der Waals surface area contributed by atoms with Gasteiger partial charge in [0.05, 0.1) is 15.9 Å². The monoisotopic (exact) mass is 294 g/mol. The van der Waals surface area contributed by atoms with Gasteiger partial charge < -0.3 is 4.98 Å². The topological polar surface area (TPSA) is 39.6 Å². The third kappa shape index (κ3) is 1.87. The molecule has 2 rings (SSSR count). The van der Waals surface area contributed by atoms with Gasteiger partial charge in [-0.05, 0) is 40.5 Å². The molecule has 0 amide bonds. The molecule has 2 nitrogen and oxygen atoms in total. The minimum Gasteiger partial charge on any atom is -0.348 e. The number of rotatable bonds is 1. The molecule has 0 radical (unpaired) electrons. The van der Waals surface area contributed by atoms with Crippen LogP contribution in [0.4, 0.5) is 0 Å². The van der Waals surface area contributed by atoms with Crippen LogP contribution in [0.15, 0.2) is 28.9 Å². The summed E-state index contributed by atoms with van der Waals surface area (Å²) < 4.78 is 0.790. The number of nitriles is 1. The van der Waals surface area contributed by atoms with Crippen LogP contribution in [-0.4, -0.2) is 4.98 Å². The molecule has 0 aliphatic carbocycles. The van der Waals surface area contributed by atoms with Crippen LogP contribution in [-0.2, 0) is 0 Å². The lowest BCUT2D eigenvalue weighted by Crippen LogP contribution is -1.86. The second-order valence-corrected chi connectivity index (χ2v) is 4.69. The zero-order chi connectivity index (χ0) is 11.7. The van der Waals surface area contributed by atoms with Gasteiger partial charge in [-0.15, -0.1) is 0 Å². The fraction of sp³-hybridized carbons (Fsp3) is 0.0833. The highest BCUT2D eigenvalue weighted by molar-refractivity contribution is 9.10. The largest absolute Gasteiger partial charge is 0.348 e. The van der Waals surface area contributed by atoms with Crippen LogP contribution in [0.1, 0.15) is 11.1 Å². The van der Waals surface area contributed by atoms with Crippen molar-refractivity contribution in [2.45, 2.75) is 6.92 Å². The molecule has 4 heteroatoms. The van der Waals surface area contributed by atoms with E-state index in [1.54, 1.807) is 6.07 Å². The van der Waals surface area contributed by atoms with Crippen molar-refractivity contribution in [1.29, 1.82) is 5.26 Å². The van der Waals surface area contributed by atoms with Crippen LogP contribution < -0.4 is 0 Å². The Morgan fingerprint density at radius 3 is 2.88 bits per heavy atom. The molecule has 1 heterocycles. The number of nitrogens with zero attached hydrogens (tertiary/aromatic N) is 1. The van der Waals surface area contributed by atoms with Gasteiger partial charge in [0.15, 0.2) is 0 Å². The Morgan fingerprint density at radius 1 is 1.44 bits per heavy atom. The van der Waals surface area contributed by atoms with Crippen molar-refractivity contribution < 1.29 is 0 Å². The molecular formula is C12H8BrClN2. The first-order chi connectivity index (χ1) is 7.63. The number of hydrogen-bond donors (Lipinski definition) is 1. The van der Waals surface area contributed by atoms with E-state index in [9.17, 15) is 0 Å². The van der Waals surface area contributed by atoms with Crippen LogP contribution in [0.5, 0.6) is 0 Å². The summed E-state index contributed by atoms with van der Waals surface area (Å²) in [4.78, 5) is 3.12. The van der Waals surface area contributed by atoms with Crippen molar-refractivity contribution in [3.8, 4) is 17.3 Å². The number of aromatic amines is 1. The van der Waals surface area contributed by atoms with Crippen molar-refractivity contribution in [2.75, 3.05) is 0 Å². The molecule has 0 aliphatic rings. The first-order valence-corrected chi connectivity index (χ1v) is 5.84. The van der Waals surface area contributed by atoms with E-state index in [4.69, 9.17) is 16.9 Å². The van der Waals surface area contributed by atoms with Crippen molar-refractivity contribution >= 4 is 27.5 Å². The van der Waals surface area contributed by atoms with Gasteiger partial charge in [0.1, 0.15) is 6.07 Å². The van der Waals surface area contributed by atoms with Crippen molar-refractivity contribution in [3.63, 3.8) is 0 Å². The fourth-order valence-corrected chi connectivity index (χ4v) is 2.20. The molecule has 0 saturated carbocycles. The minimum atomic E-state index is 0.609. The van der Waals surface area contributed by atoms with E-state index in [0.29, 0.717) is 10.6 Å². The highest BCUT2D eigenvalue weighted by Crippen LogP contribution is 2.31. The Bertz CT molecular complexity index is 581. The number of aromatic nitrogens is 1. The van der Waals surface area contributed by atoms with Gasteiger partial charge in [-0.3, -0.25) is 0 Å². The standard InChI is InChI=1S/C12H8BrClN2/c1-7-9(3-2-4-10(7)14)12-8(6-15)5-11(13)16-12/h2-5,16H,1H3. The minimum absolute atomic E-state index is 0.609. The molecule has 1 aromatic heterocycles. The summed E-state index contributed by atoms with van der Waals surface area (Å²) in [6.07, 6.45) is 0. The number of nitrogens with one attached hydrogen (secondary N) is 1. The van der Waals surface area contributed by atoms with Crippen LogP contribution in [0.3, 0.4) is 0 Å². The summed E-state index contributed by atoms with van der Waals surface area (Å²) >= 11 is 9.38. The highest BCUT2D eigenvalue weighted by Gasteiger charge is 2.12. The van der Waals surface area contributed by atoms with Gasteiger partial charge in [-0.2, -0.15) is 5.26 Å². The van der Waals surface area contributed by atoms with Crippen LogP contribution in [0.2, 0.25) is 5.02 Å². The van der Waals surface area contributed by atoms with E-state index < -0.39 is 0 Å². The van der Waals surface area contributed by atoms with Crippen molar-refractivity contribution in [2.24, 2.45) is 0 Å². The predicted octanol–water partition coefficient (Wildman–Crippen LogP) is 4.28. The maximum atomic E-state index is 9.03. The average Bonchev–Trinajstić information content (AvgIpc) is 2.63. The normalized spacial score (nSPS) is 10.1. The smallest absolute Gasteiger partial charge is 0.101 e. The van der Waals surface area contributed by atoms with Gasteiger partial charge in [0, 0.05) is 10.6 Å². The molecule has 1 N–H and O–H groups in total. The van der Waals surface area contributed by atoms with E-state index in [2.05, 4.69) is 27.0 Å². The SMILES string of the molecule is Cc1c(Cl)cccc1-c1[nH]c(Br)cc1C#N. The third-order valence-corrected chi connectivity index (χ3v) is 3.28. The van der Waals surface area contributed by atoms with Gasteiger partial charge in [0.2, 0.25) is 0 Å². The Morgan fingerprint density at radius 2 is 2.19 bits per heavy atom. The van der Waals surface area contributed by atoms with Crippen LogP contribution in [0.25, 0.3) is 11.3 Å². The van der Waals surface area contributed by atoms with E-state index in [1.165, 1.54) is 0 Å². The Balaban J connectivity index is 2.68. The summed E-state index contributed by atoms with van der Waals surface area (Å²) in [5.41, 5.74) is 3.33. The van der Waals surface area contributed by atoms with E-state index >= 15 is 0 Å². The molecular weight excluding hydrogens is 288 g/mol. The summed E-state index contributed by atoms with van der Waals surface area (Å²) in [5, 5.41) is 9.73. The van der Waals surface area contributed by atoms with Gasteiger partial charge in [0.25, 0.3) is 0 Å². The second-order valence-electron chi connectivity index (χ2n) is 3.43. The Labute approximate surface area is 107 Å². The summed E-state index contributed by atoms with van der Waals surface area (Å²) in [7, 11) is 0.